The Balaban J connectivity index is 0.00000180. The summed E-state index contributed by atoms with van der Waals surface area (Å²) < 4.78 is 18.8. The fraction of sp³-hybridized carbons (Fsp3) is 0.462. The van der Waals surface area contributed by atoms with Crippen molar-refractivity contribution in [3.05, 3.63) is 35.6 Å². The van der Waals surface area contributed by atoms with Crippen LogP contribution in [0.2, 0.25) is 0 Å². The van der Waals surface area contributed by atoms with Crippen LogP contribution in [-0.4, -0.2) is 37.1 Å². The molecule has 0 aliphatic carbocycles. The quantitative estimate of drug-likeness (QED) is 0.462. The average molecular weight is 379 g/mol. The van der Waals surface area contributed by atoms with E-state index in [9.17, 15) is 4.39 Å². The molecule has 2 rings (SSSR count). The molecule has 106 valence electrons. The maximum Gasteiger partial charge on any atom is 0.191 e. The molecule has 1 fully saturated rings. The summed E-state index contributed by atoms with van der Waals surface area (Å²) in [6, 6.07) is 6.38. The molecular formula is C13H19FIN3O. The third-order valence-electron chi connectivity index (χ3n) is 3.06. The second-order valence-corrected chi connectivity index (χ2v) is 4.47. The number of aliphatic imine (C=N–C) groups is 1. The molecule has 0 aromatic heterocycles. The van der Waals surface area contributed by atoms with Gasteiger partial charge in [0.1, 0.15) is 11.9 Å². The van der Waals surface area contributed by atoms with E-state index in [1.54, 1.807) is 19.2 Å². The van der Waals surface area contributed by atoms with Gasteiger partial charge in [0.2, 0.25) is 0 Å². The standard InChI is InChI=1S/C13H18FN3O.HI/c1-9-7-17(13(15)16-2)8-12(18-9)10-3-5-11(14)6-4-10;/h3-6,9,12H,7-8H2,1-2H3,(H2,15,16);1H. The molecule has 1 aromatic rings. The van der Waals surface area contributed by atoms with Gasteiger partial charge < -0.3 is 15.4 Å². The predicted octanol–water partition coefficient (Wildman–Crippen LogP) is 2.15. The first-order valence-electron chi connectivity index (χ1n) is 5.98. The number of benzene rings is 1. The zero-order valence-corrected chi connectivity index (χ0v) is 13.4. The fourth-order valence-electron chi connectivity index (χ4n) is 2.14. The van der Waals surface area contributed by atoms with Crippen molar-refractivity contribution in [2.24, 2.45) is 10.7 Å². The Morgan fingerprint density at radius 3 is 2.58 bits per heavy atom. The number of halogens is 2. The number of ether oxygens (including phenoxy) is 1. The topological polar surface area (TPSA) is 50.8 Å². The lowest BCUT2D eigenvalue weighted by Gasteiger charge is -2.37. The van der Waals surface area contributed by atoms with Gasteiger partial charge in [-0.05, 0) is 24.6 Å². The first-order valence-corrected chi connectivity index (χ1v) is 5.98. The largest absolute Gasteiger partial charge is 0.370 e. The second-order valence-electron chi connectivity index (χ2n) is 4.47. The molecule has 19 heavy (non-hydrogen) atoms. The highest BCUT2D eigenvalue weighted by molar-refractivity contribution is 14.0. The Morgan fingerprint density at radius 2 is 2.00 bits per heavy atom. The lowest BCUT2D eigenvalue weighted by molar-refractivity contribution is -0.0599. The summed E-state index contributed by atoms with van der Waals surface area (Å²) in [5.41, 5.74) is 6.79. The zero-order valence-electron chi connectivity index (χ0n) is 11.0. The summed E-state index contributed by atoms with van der Waals surface area (Å²) in [4.78, 5) is 5.98. The zero-order chi connectivity index (χ0) is 13.1. The second kappa shape index (κ2) is 7.04. The van der Waals surface area contributed by atoms with Gasteiger partial charge in [0.25, 0.3) is 0 Å². The SMILES string of the molecule is CN=C(N)N1CC(C)OC(c2ccc(F)cc2)C1.I. The van der Waals surface area contributed by atoms with Crippen LogP contribution in [0.5, 0.6) is 0 Å². The summed E-state index contributed by atoms with van der Waals surface area (Å²) in [6.07, 6.45) is -0.0382. The van der Waals surface area contributed by atoms with Gasteiger partial charge in [-0.3, -0.25) is 4.99 Å². The van der Waals surface area contributed by atoms with Gasteiger partial charge in [-0.2, -0.15) is 0 Å². The van der Waals surface area contributed by atoms with Crippen LogP contribution >= 0.6 is 24.0 Å². The van der Waals surface area contributed by atoms with Gasteiger partial charge in [-0.25, -0.2) is 4.39 Å². The predicted molar refractivity (Wildman–Crippen MR) is 84.2 cm³/mol. The maximum atomic E-state index is 12.9. The molecule has 0 bridgehead atoms. The minimum Gasteiger partial charge on any atom is -0.370 e. The molecule has 4 nitrogen and oxygen atoms in total. The van der Waals surface area contributed by atoms with Crippen LogP contribution in [0.4, 0.5) is 4.39 Å². The summed E-state index contributed by atoms with van der Waals surface area (Å²) in [5.74, 6) is 0.270. The van der Waals surface area contributed by atoms with Crippen molar-refractivity contribution < 1.29 is 9.13 Å². The van der Waals surface area contributed by atoms with Crippen molar-refractivity contribution in [2.45, 2.75) is 19.1 Å². The molecule has 1 aliphatic heterocycles. The van der Waals surface area contributed by atoms with Gasteiger partial charge in [-0.1, -0.05) is 12.1 Å². The Hall–Kier alpha value is -0.890. The summed E-state index contributed by atoms with van der Waals surface area (Å²) in [5, 5.41) is 0. The fourth-order valence-corrected chi connectivity index (χ4v) is 2.14. The van der Waals surface area contributed by atoms with Gasteiger partial charge in [0.15, 0.2) is 5.96 Å². The molecular weight excluding hydrogens is 360 g/mol. The molecule has 0 radical (unpaired) electrons. The van der Waals surface area contributed by atoms with Crippen molar-refractivity contribution in [3.8, 4) is 0 Å². The number of hydrogen-bond donors (Lipinski definition) is 1. The number of hydrogen-bond acceptors (Lipinski definition) is 2. The van der Waals surface area contributed by atoms with Gasteiger partial charge in [0, 0.05) is 13.6 Å². The van der Waals surface area contributed by atoms with Crippen LogP contribution < -0.4 is 5.73 Å². The van der Waals surface area contributed by atoms with E-state index in [-0.39, 0.29) is 42.0 Å². The van der Waals surface area contributed by atoms with Gasteiger partial charge in [0.05, 0.1) is 12.6 Å². The normalized spacial score (nSPS) is 23.9. The van der Waals surface area contributed by atoms with Crippen LogP contribution in [0.25, 0.3) is 0 Å². The van der Waals surface area contributed by atoms with Crippen LogP contribution in [0.3, 0.4) is 0 Å². The first kappa shape index (κ1) is 16.2. The summed E-state index contributed by atoms with van der Waals surface area (Å²) in [7, 11) is 1.67. The molecule has 1 saturated heterocycles. The van der Waals surface area contributed by atoms with Crippen molar-refractivity contribution in [1.82, 2.24) is 4.90 Å². The van der Waals surface area contributed by atoms with Gasteiger partial charge in [-0.15, -0.1) is 24.0 Å². The number of guanidine groups is 1. The van der Waals surface area contributed by atoms with Gasteiger partial charge >= 0.3 is 0 Å². The van der Waals surface area contributed by atoms with Crippen LogP contribution in [0.15, 0.2) is 29.3 Å². The van der Waals surface area contributed by atoms with E-state index >= 15 is 0 Å². The van der Waals surface area contributed by atoms with Crippen molar-refractivity contribution in [2.75, 3.05) is 20.1 Å². The maximum absolute atomic E-state index is 12.9. The Morgan fingerprint density at radius 1 is 1.37 bits per heavy atom. The number of morpholine rings is 1. The van der Waals surface area contributed by atoms with E-state index in [0.29, 0.717) is 12.5 Å². The highest BCUT2D eigenvalue weighted by Crippen LogP contribution is 2.25. The average Bonchev–Trinajstić information content (AvgIpc) is 2.38. The lowest BCUT2D eigenvalue weighted by atomic mass is 10.1. The molecule has 0 spiro atoms. The van der Waals surface area contributed by atoms with Crippen LogP contribution in [0.1, 0.15) is 18.6 Å². The molecule has 0 saturated carbocycles. The van der Waals surface area contributed by atoms with Crippen LogP contribution in [0, 0.1) is 5.82 Å². The van der Waals surface area contributed by atoms with Crippen molar-refractivity contribution in [3.63, 3.8) is 0 Å². The third-order valence-corrected chi connectivity index (χ3v) is 3.06. The third kappa shape index (κ3) is 4.04. The minimum absolute atomic E-state index is 0. The summed E-state index contributed by atoms with van der Waals surface area (Å²) >= 11 is 0. The first-order chi connectivity index (χ1) is 8.60. The lowest BCUT2D eigenvalue weighted by Crippen LogP contribution is -2.48. The van der Waals surface area contributed by atoms with E-state index in [0.717, 1.165) is 12.1 Å². The van der Waals surface area contributed by atoms with Crippen LogP contribution in [-0.2, 0) is 4.74 Å². The number of rotatable bonds is 1. The molecule has 2 unspecified atom stereocenters. The van der Waals surface area contributed by atoms with E-state index < -0.39 is 0 Å². The molecule has 2 atom stereocenters. The number of nitrogens with two attached hydrogens (primary N) is 1. The monoisotopic (exact) mass is 379 g/mol. The molecule has 6 heteroatoms. The highest BCUT2D eigenvalue weighted by atomic mass is 127. The number of nitrogens with zero attached hydrogens (tertiary/aromatic N) is 2. The summed E-state index contributed by atoms with van der Waals surface area (Å²) in [6.45, 7) is 3.35. The Bertz CT molecular complexity index is 438. The van der Waals surface area contributed by atoms with E-state index in [4.69, 9.17) is 10.5 Å². The minimum atomic E-state index is -0.242. The molecule has 1 aliphatic rings. The Kier molecular flexibility index (Phi) is 5.99. The molecule has 1 aromatic carbocycles. The Labute approximate surface area is 129 Å². The molecule has 1 heterocycles. The van der Waals surface area contributed by atoms with E-state index in [1.807, 2.05) is 11.8 Å². The highest BCUT2D eigenvalue weighted by Gasteiger charge is 2.27. The van der Waals surface area contributed by atoms with E-state index in [1.165, 1.54) is 12.1 Å². The molecule has 2 N–H and O–H groups in total. The van der Waals surface area contributed by atoms with E-state index in [2.05, 4.69) is 4.99 Å². The smallest absolute Gasteiger partial charge is 0.191 e. The molecule has 0 amide bonds. The van der Waals surface area contributed by atoms with Crippen molar-refractivity contribution in [1.29, 1.82) is 0 Å². The van der Waals surface area contributed by atoms with Crippen molar-refractivity contribution >= 4 is 29.9 Å².